The van der Waals surface area contributed by atoms with Gasteiger partial charge in [-0.3, -0.25) is 4.72 Å². The van der Waals surface area contributed by atoms with E-state index in [0.29, 0.717) is 15.8 Å². The summed E-state index contributed by atoms with van der Waals surface area (Å²) in [5.74, 6) is -0.412. The van der Waals surface area contributed by atoms with Crippen LogP contribution in [0, 0.1) is 9.39 Å². The Morgan fingerprint density at radius 1 is 1.15 bits per heavy atom. The number of rotatable bonds is 4. The molecule has 0 atom stereocenters. The van der Waals surface area contributed by atoms with Crippen molar-refractivity contribution in [2.75, 3.05) is 4.72 Å². The molecule has 0 aliphatic carbocycles. The van der Waals surface area contributed by atoms with Gasteiger partial charge in [-0.1, -0.05) is 12.1 Å². The monoisotopic (exact) mass is 406 g/mol. The molecular weight excluding hydrogens is 394 g/mol. The summed E-state index contributed by atoms with van der Waals surface area (Å²) in [6.07, 6.45) is 0. The summed E-state index contributed by atoms with van der Waals surface area (Å²) in [7, 11) is -3.69. The average molecular weight is 406 g/mol. The van der Waals surface area contributed by atoms with Crippen molar-refractivity contribution in [2.45, 2.75) is 11.4 Å². The van der Waals surface area contributed by atoms with Gasteiger partial charge in [-0.2, -0.15) is 0 Å². The van der Waals surface area contributed by atoms with Crippen LogP contribution >= 0.6 is 22.6 Å². The minimum absolute atomic E-state index is 0.134. The lowest BCUT2D eigenvalue weighted by Gasteiger charge is -2.10. The molecule has 2 aromatic carbocycles. The summed E-state index contributed by atoms with van der Waals surface area (Å²) in [4.78, 5) is 0.134. The van der Waals surface area contributed by atoms with Crippen molar-refractivity contribution in [2.24, 2.45) is 5.73 Å². The largest absolute Gasteiger partial charge is 0.326 e. The molecule has 4 nitrogen and oxygen atoms in total. The Bertz CT molecular complexity index is 718. The molecule has 2 rings (SSSR count). The first kappa shape index (κ1) is 15.2. The van der Waals surface area contributed by atoms with Crippen molar-refractivity contribution in [3.63, 3.8) is 0 Å². The Hall–Kier alpha value is -1.19. The smallest absolute Gasteiger partial charge is 0.261 e. The van der Waals surface area contributed by atoms with E-state index in [1.165, 1.54) is 30.3 Å². The average Bonchev–Trinajstić information content (AvgIpc) is 2.42. The second kappa shape index (κ2) is 6.06. The summed E-state index contributed by atoms with van der Waals surface area (Å²) in [6, 6.07) is 10.1. The summed E-state index contributed by atoms with van der Waals surface area (Å²) < 4.78 is 40.3. The second-order valence-corrected chi connectivity index (χ2v) is 6.92. The molecule has 7 heteroatoms. The van der Waals surface area contributed by atoms with Crippen molar-refractivity contribution in [1.29, 1.82) is 0 Å². The zero-order valence-corrected chi connectivity index (χ0v) is 13.3. The van der Waals surface area contributed by atoms with Crippen molar-refractivity contribution in [3.8, 4) is 0 Å². The van der Waals surface area contributed by atoms with Crippen molar-refractivity contribution < 1.29 is 12.8 Å². The molecule has 106 valence electrons. The fourth-order valence-electron chi connectivity index (χ4n) is 1.58. The van der Waals surface area contributed by atoms with Gasteiger partial charge in [0, 0.05) is 10.1 Å². The number of anilines is 1. The highest BCUT2D eigenvalue weighted by Gasteiger charge is 2.15. The van der Waals surface area contributed by atoms with Crippen LogP contribution < -0.4 is 10.5 Å². The lowest BCUT2D eigenvalue weighted by atomic mass is 10.2. The van der Waals surface area contributed by atoms with Gasteiger partial charge in [0.2, 0.25) is 0 Å². The quantitative estimate of drug-likeness (QED) is 0.768. The number of sulfonamides is 1. The van der Waals surface area contributed by atoms with Crippen LogP contribution in [0.25, 0.3) is 0 Å². The van der Waals surface area contributed by atoms with Crippen LogP contribution in [0.4, 0.5) is 10.1 Å². The van der Waals surface area contributed by atoms with E-state index in [2.05, 4.69) is 4.72 Å². The van der Waals surface area contributed by atoms with Gasteiger partial charge in [0.05, 0.1) is 10.6 Å². The summed E-state index contributed by atoms with van der Waals surface area (Å²) >= 11 is 1.87. The molecule has 2 aromatic rings. The normalized spacial score (nSPS) is 11.3. The first-order chi connectivity index (χ1) is 9.42. The Kier molecular flexibility index (Phi) is 4.61. The third-order valence-electron chi connectivity index (χ3n) is 2.64. The fraction of sp³-hybridized carbons (Fsp3) is 0.0769. The van der Waals surface area contributed by atoms with Gasteiger partial charge >= 0.3 is 0 Å². The molecule has 0 radical (unpaired) electrons. The highest BCUT2D eigenvalue weighted by molar-refractivity contribution is 14.1. The first-order valence-electron chi connectivity index (χ1n) is 5.69. The van der Waals surface area contributed by atoms with Crippen LogP contribution in [0.1, 0.15) is 5.56 Å². The molecule has 20 heavy (non-hydrogen) atoms. The molecule has 0 spiro atoms. The van der Waals surface area contributed by atoms with E-state index in [9.17, 15) is 12.8 Å². The van der Waals surface area contributed by atoms with E-state index in [0.717, 1.165) is 5.56 Å². The zero-order valence-electron chi connectivity index (χ0n) is 10.3. The SMILES string of the molecule is NCc1ccc(S(=O)(=O)Nc2ccc(F)cc2I)cc1. The van der Waals surface area contributed by atoms with Crippen LogP contribution in [0.3, 0.4) is 0 Å². The zero-order chi connectivity index (χ0) is 14.8. The lowest BCUT2D eigenvalue weighted by Crippen LogP contribution is -2.14. The Labute approximate surface area is 130 Å². The van der Waals surface area contributed by atoms with E-state index < -0.39 is 15.8 Å². The summed E-state index contributed by atoms with van der Waals surface area (Å²) in [6.45, 7) is 0.351. The Morgan fingerprint density at radius 2 is 1.80 bits per heavy atom. The third-order valence-corrected chi connectivity index (χ3v) is 4.92. The molecule has 0 unspecified atom stereocenters. The standard InChI is InChI=1S/C13H12FIN2O2S/c14-10-3-6-13(12(15)7-10)17-20(18,19)11-4-1-9(8-16)2-5-11/h1-7,17H,8,16H2. The van der Waals surface area contributed by atoms with Gasteiger partial charge in [-0.25, -0.2) is 12.8 Å². The summed E-state index contributed by atoms with van der Waals surface area (Å²) in [5.41, 5.74) is 6.65. The maximum Gasteiger partial charge on any atom is 0.261 e. The minimum atomic E-state index is -3.69. The van der Waals surface area contributed by atoms with Gasteiger partial charge in [0.15, 0.2) is 0 Å². The van der Waals surface area contributed by atoms with Gasteiger partial charge in [-0.15, -0.1) is 0 Å². The molecular formula is C13H12FIN2O2S. The van der Waals surface area contributed by atoms with E-state index in [1.807, 2.05) is 22.6 Å². The number of nitrogens with two attached hydrogens (primary N) is 1. The van der Waals surface area contributed by atoms with Gasteiger partial charge in [0.25, 0.3) is 10.0 Å². The predicted molar refractivity (Wildman–Crippen MR) is 84.3 cm³/mol. The van der Waals surface area contributed by atoms with Gasteiger partial charge < -0.3 is 5.73 Å². The molecule has 0 saturated heterocycles. The molecule has 0 fully saturated rings. The maximum atomic E-state index is 13.0. The maximum absolute atomic E-state index is 13.0. The molecule has 0 aliphatic heterocycles. The van der Waals surface area contributed by atoms with Crippen LogP contribution in [0.2, 0.25) is 0 Å². The number of hydrogen-bond acceptors (Lipinski definition) is 3. The second-order valence-electron chi connectivity index (χ2n) is 4.08. The fourth-order valence-corrected chi connectivity index (χ4v) is 3.46. The van der Waals surface area contributed by atoms with E-state index in [-0.39, 0.29) is 4.90 Å². The highest BCUT2D eigenvalue weighted by atomic mass is 127. The van der Waals surface area contributed by atoms with Crippen molar-refractivity contribution in [1.82, 2.24) is 0 Å². The lowest BCUT2D eigenvalue weighted by molar-refractivity contribution is 0.601. The summed E-state index contributed by atoms with van der Waals surface area (Å²) in [5, 5.41) is 0. The van der Waals surface area contributed by atoms with Gasteiger partial charge in [0.1, 0.15) is 5.82 Å². The van der Waals surface area contributed by atoms with E-state index in [4.69, 9.17) is 5.73 Å². The molecule has 0 aliphatic rings. The van der Waals surface area contributed by atoms with Crippen molar-refractivity contribution >= 4 is 38.3 Å². The number of nitrogens with one attached hydrogen (secondary N) is 1. The Balaban J connectivity index is 2.30. The molecule has 0 amide bonds. The molecule has 0 saturated carbocycles. The molecule has 0 bridgehead atoms. The minimum Gasteiger partial charge on any atom is -0.326 e. The van der Waals surface area contributed by atoms with Crippen molar-refractivity contribution in [3.05, 3.63) is 57.4 Å². The molecule has 3 N–H and O–H groups in total. The number of halogens is 2. The van der Waals surface area contributed by atoms with Crippen LogP contribution in [-0.2, 0) is 16.6 Å². The number of hydrogen-bond donors (Lipinski definition) is 2. The van der Waals surface area contributed by atoms with Crippen LogP contribution in [-0.4, -0.2) is 8.42 Å². The topological polar surface area (TPSA) is 72.2 Å². The molecule has 0 aromatic heterocycles. The Morgan fingerprint density at radius 3 is 2.35 bits per heavy atom. The van der Waals surface area contributed by atoms with E-state index >= 15 is 0 Å². The first-order valence-corrected chi connectivity index (χ1v) is 8.25. The van der Waals surface area contributed by atoms with Crippen LogP contribution in [0.15, 0.2) is 47.4 Å². The molecule has 0 heterocycles. The van der Waals surface area contributed by atoms with E-state index in [1.54, 1.807) is 12.1 Å². The number of benzene rings is 2. The third kappa shape index (κ3) is 3.47. The van der Waals surface area contributed by atoms with Gasteiger partial charge in [-0.05, 0) is 58.5 Å². The van der Waals surface area contributed by atoms with Crippen LogP contribution in [0.5, 0.6) is 0 Å². The highest BCUT2D eigenvalue weighted by Crippen LogP contribution is 2.22. The predicted octanol–water partition coefficient (Wildman–Crippen LogP) is 2.69.